The van der Waals surface area contributed by atoms with Crippen molar-refractivity contribution in [2.45, 2.75) is 65.1 Å². The largest absolute Gasteiger partial charge is 0.490 e. The van der Waals surface area contributed by atoms with Crippen molar-refractivity contribution in [2.75, 3.05) is 19.8 Å². The molecule has 1 heterocycles. The normalized spacial score (nSPS) is 17.4. The van der Waals surface area contributed by atoms with Gasteiger partial charge in [0.1, 0.15) is 5.82 Å². The first-order chi connectivity index (χ1) is 19.5. The minimum atomic E-state index is -0.993. The highest BCUT2D eigenvalue weighted by molar-refractivity contribution is 5.71. The monoisotopic (exact) mass is 552 g/mol. The van der Waals surface area contributed by atoms with Crippen LogP contribution < -0.4 is 4.74 Å². The molecule has 0 spiro atoms. The van der Waals surface area contributed by atoms with Gasteiger partial charge in [0.2, 0.25) is 5.82 Å². The van der Waals surface area contributed by atoms with Crippen LogP contribution in [0, 0.1) is 23.4 Å². The number of hydrogen-bond acceptors (Lipinski definition) is 3. The summed E-state index contributed by atoms with van der Waals surface area (Å²) in [7, 11) is 0. The van der Waals surface area contributed by atoms with Gasteiger partial charge in [0.25, 0.3) is 0 Å². The molecule has 0 aromatic heterocycles. The predicted octanol–water partition coefficient (Wildman–Crippen LogP) is 9.80. The Morgan fingerprint density at radius 3 is 2.17 bits per heavy atom. The molecule has 1 fully saturated rings. The van der Waals surface area contributed by atoms with Crippen LogP contribution in [0.2, 0.25) is 0 Å². The molecule has 0 atom stereocenters. The van der Waals surface area contributed by atoms with Crippen molar-refractivity contribution >= 4 is 0 Å². The van der Waals surface area contributed by atoms with Gasteiger partial charge in [-0.2, -0.15) is 4.39 Å². The molecular weight excluding hydrogens is 513 g/mol. The van der Waals surface area contributed by atoms with E-state index >= 15 is 4.39 Å². The van der Waals surface area contributed by atoms with E-state index in [9.17, 15) is 8.78 Å². The molecular formula is C34H39F3O3. The summed E-state index contributed by atoms with van der Waals surface area (Å²) in [6.07, 6.45) is 10.8. The summed E-state index contributed by atoms with van der Waals surface area (Å²) in [6.45, 7) is 5.66. The Bertz CT molecular complexity index is 1250. The maximum atomic E-state index is 15.1. The van der Waals surface area contributed by atoms with Crippen LogP contribution in [0.5, 0.6) is 5.75 Å². The van der Waals surface area contributed by atoms with Gasteiger partial charge in [-0.25, -0.2) is 8.78 Å². The maximum Gasteiger partial charge on any atom is 0.201 e. The van der Waals surface area contributed by atoms with Gasteiger partial charge in [-0.1, -0.05) is 81.2 Å². The third-order valence-corrected chi connectivity index (χ3v) is 7.27. The van der Waals surface area contributed by atoms with E-state index in [2.05, 4.69) is 13.0 Å². The van der Waals surface area contributed by atoms with E-state index in [0.717, 1.165) is 44.9 Å². The second-order valence-corrected chi connectivity index (χ2v) is 10.3. The van der Waals surface area contributed by atoms with Crippen molar-refractivity contribution in [1.82, 2.24) is 0 Å². The quantitative estimate of drug-likeness (QED) is 0.156. The Morgan fingerprint density at radius 2 is 1.50 bits per heavy atom. The zero-order valence-corrected chi connectivity index (χ0v) is 23.4. The van der Waals surface area contributed by atoms with Crippen LogP contribution in [0.4, 0.5) is 13.2 Å². The van der Waals surface area contributed by atoms with Crippen molar-refractivity contribution in [3.05, 3.63) is 89.8 Å². The van der Waals surface area contributed by atoms with E-state index in [1.807, 2.05) is 13.0 Å². The van der Waals surface area contributed by atoms with Gasteiger partial charge in [0.05, 0.1) is 19.8 Å². The van der Waals surface area contributed by atoms with Crippen molar-refractivity contribution in [1.29, 1.82) is 0 Å². The van der Waals surface area contributed by atoms with E-state index < -0.39 is 23.7 Å². The summed E-state index contributed by atoms with van der Waals surface area (Å²) < 4.78 is 61.9. The van der Waals surface area contributed by atoms with E-state index in [0.29, 0.717) is 48.0 Å². The summed E-state index contributed by atoms with van der Waals surface area (Å²) in [5, 5.41) is 0. The van der Waals surface area contributed by atoms with Gasteiger partial charge in [0.15, 0.2) is 17.9 Å². The minimum absolute atomic E-state index is 0.0781. The molecule has 3 nitrogen and oxygen atoms in total. The molecule has 0 radical (unpaired) electrons. The van der Waals surface area contributed by atoms with Crippen LogP contribution in [0.25, 0.3) is 22.3 Å². The summed E-state index contributed by atoms with van der Waals surface area (Å²) >= 11 is 0. The summed E-state index contributed by atoms with van der Waals surface area (Å²) in [5.41, 5.74) is 2.29. The van der Waals surface area contributed by atoms with Gasteiger partial charge in [0, 0.05) is 22.6 Å². The fourth-order valence-corrected chi connectivity index (χ4v) is 4.90. The Labute approximate surface area is 236 Å². The number of rotatable bonds is 13. The van der Waals surface area contributed by atoms with E-state index in [1.54, 1.807) is 36.4 Å². The predicted molar refractivity (Wildman–Crippen MR) is 154 cm³/mol. The molecule has 0 saturated carbocycles. The van der Waals surface area contributed by atoms with Crippen molar-refractivity contribution < 1.29 is 27.4 Å². The molecule has 3 aromatic rings. The molecule has 0 aliphatic carbocycles. The molecule has 0 N–H and O–H groups in total. The van der Waals surface area contributed by atoms with Gasteiger partial charge in [-0.3, -0.25) is 0 Å². The number of allylic oxidation sites excluding steroid dienone is 2. The van der Waals surface area contributed by atoms with Gasteiger partial charge < -0.3 is 14.2 Å². The highest BCUT2D eigenvalue weighted by atomic mass is 19.2. The molecule has 1 aliphatic rings. The first kappa shape index (κ1) is 29.9. The van der Waals surface area contributed by atoms with Crippen LogP contribution in [-0.4, -0.2) is 19.8 Å². The third-order valence-electron chi connectivity index (χ3n) is 7.27. The van der Waals surface area contributed by atoms with Crippen LogP contribution in [0.3, 0.4) is 0 Å². The Balaban J connectivity index is 1.38. The molecule has 6 heteroatoms. The van der Waals surface area contributed by atoms with Gasteiger partial charge in [-0.15, -0.1) is 0 Å². The smallest absolute Gasteiger partial charge is 0.201 e. The van der Waals surface area contributed by atoms with Gasteiger partial charge >= 0.3 is 0 Å². The average molecular weight is 553 g/mol. The summed E-state index contributed by atoms with van der Waals surface area (Å²) in [6, 6.07) is 14.6. The van der Waals surface area contributed by atoms with Crippen molar-refractivity contribution in [3.63, 3.8) is 0 Å². The molecule has 0 unspecified atom stereocenters. The molecule has 0 amide bonds. The molecule has 3 aromatic carbocycles. The maximum absolute atomic E-state index is 15.1. The van der Waals surface area contributed by atoms with E-state index in [-0.39, 0.29) is 11.3 Å². The fraction of sp³-hybridized carbons (Fsp3) is 0.412. The highest BCUT2D eigenvalue weighted by Gasteiger charge is 2.24. The first-order valence-corrected chi connectivity index (χ1v) is 14.4. The van der Waals surface area contributed by atoms with Crippen LogP contribution in [-0.2, 0) is 9.47 Å². The van der Waals surface area contributed by atoms with Gasteiger partial charge in [-0.05, 0) is 55.5 Å². The lowest BCUT2D eigenvalue weighted by molar-refractivity contribution is -0.205. The van der Waals surface area contributed by atoms with Crippen LogP contribution >= 0.6 is 0 Å². The summed E-state index contributed by atoms with van der Waals surface area (Å²) in [4.78, 5) is 0. The Morgan fingerprint density at radius 1 is 0.825 bits per heavy atom. The lowest BCUT2D eigenvalue weighted by Crippen LogP contribution is -2.27. The zero-order valence-electron chi connectivity index (χ0n) is 23.4. The molecule has 214 valence electrons. The molecule has 1 aliphatic heterocycles. The molecule has 0 bridgehead atoms. The topological polar surface area (TPSA) is 27.7 Å². The van der Waals surface area contributed by atoms with Crippen LogP contribution in [0.1, 0.15) is 70.6 Å². The minimum Gasteiger partial charge on any atom is -0.490 e. The summed E-state index contributed by atoms with van der Waals surface area (Å²) in [5.74, 6) is -2.10. The van der Waals surface area contributed by atoms with Crippen molar-refractivity contribution in [2.24, 2.45) is 5.92 Å². The second kappa shape index (κ2) is 15.1. The molecule has 40 heavy (non-hydrogen) atoms. The zero-order chi connectivity index (χ0) is 28.3. The Hall–Kier alpha value is -3.09. The second-order valence-electron chi connectivity index (χ2n) is 10.3. The fourth-order valence-electron chi connectivity index (χ4n) is 4.90. The third kappa shape index (κ3) is 7.76. The number of halogens is 3. The van der Waals surface area contributed by atoms with E-state index in [1.165, 1.54) is 18.2 Å². The number of benzene rings is 3. The SMILES string of the molecule is C/C=C/CCC1COC(c2ccc(-c3ccc(-c4ccc(OCCCCCCC)c(F)c4F)cc3)c(F)c2)OC1. The standard InChI is InChI=1S/C34H39F3O3/c1-3-5-7-8-10-20-38-31-19-18-29(32(36)33(31)37)26-14-12-25(13-15-26)28-17-16-27(21-30(28)35)34-39-22-24(23-40-34)11-9-6-4-2/h4,6,12-19,21,24,34H,3,5,7-11,20,22-23H2,1-2H3/b6-4+. The van der Waals surface area contributed by atoms with Crippen molar-refractivity contribution in [3.8, 4) is 28.0 Å². The Kier molecular flexibility index (Phi) is 11.2. The first-order valence-electron chi connectivity index (χ1n) is 14.4. The number of unbranched alkanes of at least 4 members (excludes halogenated alkanes) is 4. The van der Waals surface area contributed by atoms with Crippen LogP contribution in [0.15, 0.2) is 66.7 Å². The lowest BCUT2D eigenvalue weighted by atomic mass is 9.98. The van der Waals surface area contributed by atoms with E-state index in [4.69, 9.17) is 14.2 Å². The number of hydrogen-bond donors (Lipinski definition) is 0. The molecule has 4 rings (SSSR count). The highest BCUT2D eigenvalue weighted by Crippen LogP contribution is 2.34. The lowest BCUT2D eigenvalue weighted by Gasteiger charge is -2.29. The molecule has 1 saturated heterocycles. The average Bonchev–Trinajstić information content (AvgIpc) is 2.98. The number of ether oxygens (including phenoxy) is 3.